The smallest absolute Gasteiger partial charge is 0.293 e. The lowest BCUT2D eigenvalue weighted by atomic mass is 10.3. The molecule has 0 aliphatic rings. The van der Waals surface area contributed by atoms with Gasteiger partial charge in [0.15, 0.2) is 5.89 Å². The van der Waals surface area contributed by atoms with Gasteiger partial charge in [-0.2, -0.15) is 0 Å². The standard InChI is InChI=1S/C11H15N3O2/c1-4-5-9(6-12)14-11(15)10-7(2)13-8(3)16-10/h5-6,12H,4H2,1-3H3,(H,14,15). The highest BCUT2D eigenvalue weighted by Gasteiger charge is 2.15. The largest absolute Gasteiger partial charge is 0.436 e. The van der Waals surface area contributed by atoms with E-state index in [1.165, 1.54) is 0 Å². The molecule has 2 N–H and O–H groups in total. The van der Waals surface area contributed by atoms with Crippen LogP contribution in [0.3, 0.4) is 0 Å². The van der Waals surface area contributed by atoms with Gasteiger partial charge in [-0.25, -0.2) is 4.98 Å². The summed E-state index contributed by atoms with van der Waals surface area (Å²) in [6.07, 6.45) is 3.60. The lowest BCUT2D eigenvalue weighted by Crippen LogP contribution is -2.23. The van der Waals surface area contributed by atoms with Crippen molar-refractivity contribution in [1.82, 2.24) is 10.3 Å². The number of aromatic nitrogens is 1. The number of carbonyl (C=O) groups excluding carboxylic acids is 1. The van der Waals surface area contributed by atoms with E-state index in [0.29, 0.717) is 17.3 Å². The van der Waals surface area contributed by atoms with E-state index in [0.717, 1.165) is 12.6 Å². The van der Waals surface area contributed by atoms with Gasteiger partial charge in [0.2, 0.25) is 5.76 Å². The third kappa shape index (κ3) is 2.79. The fourth-order valence-electron chi connectivity index (χ4n) is 1.30. The van der Waals surface area contributed by atoms with Crippen molar-refractivity contribution < 1.29 is 9.21 Å². The molecular weight excluding hydrogens is 206 g/mol. The number of aryl methyl sites for hydroxylation is 2. The molecule has 1 heterocycles. The van der Waals surface area contributed by atoms with E-state index >= 15 is 0 Å². The second kappa shape index (κ2) is 5.25. The van der Waals surface area contributed by atoms with Crippen LogP contribution in [0.15, 0.2) is 16.2 Å². The fraction of sp³-hybridized carbons (Fsp3) is 0.364. The second-order valence-electron chi connectivity index (χ2n) is 3.31. The van der Waals surface area contributed by atoms with Gasteiger partial charge in [-0.1, -0.05) is 13.0 Å². The molecular formula is C11H15N3O2. The molecule has 0 unspecified atom stereocenters. The van der Waals surface area contributed by atoms with Crippen LogP contribution in [0.1, 0.15) is 35.5 Å². The molecule has 1 amide bonds. The predicted molar refractivity (Wildman–Crippen MR) is 60.6 cm³/mol. The quantitative estimate of drug-likeness (QED) is 0.763. The number of hydrogen-bond donors (Lipinski definition) is 2. The molecule has 0 aliphatic carbocycles. The minimum absolute atomic E-state index is 0.196. The minimum atomic E-state index is -0.374. The molecule has 0 aliphatic heterocycles. The van der Waals surface area contributed by atoms with Crippen LogP contribution in [-0.2, 0) is 0 Å². The van der Waals surface area contributed by atoms with Crippen molar-refractivity contribution in [3.8, 4) is 0 Å². The number of nitrogens with zero attached hydrogens (tertiary/aromatic N) is 1. The van der Waals surface area contributed by atoms with Gasteiger partial charge in [-0.15, -0.1) is 0 Å². The Labute approximate surface area is 94.1 Å². The zero-order valence-corrected chi connectivity index (χ0v) is 9.63. The molecule has 0 atom stereocenters. The van der Waals surface area contributed by atoms with Crippen molar-refractivity contribution in [2.45, 2.75) is 27.2 Å². The molecule has 16 heavy (non-hydrogen) atoms. The molecule has 86 valence electrons. The molecule has 1 aromatic heterocycles. The van der Waals surface area contributed by atoms with Gasteiger partial charge in [0.25, 0.3) is 5.91 Å². The van der Waals surface area contributed by atoms with Gasteiger partial charge in [-0.3, -0.25) is 4.79 Å². The van der Waals surface area contributed by atoms with Crippen molar-refractivity contribution in [2.24, 2.45) is 0 Å². The summed E-state index contributed by atoms with van der Waals surface area (Å²) in [5.41, 5.74) is 1.01. The second-order valence-corrected chi connectivity index (χ2v) is 3.31. The van der Waals surface area contributed by atoms with Crippen LogP contribution in [0, 0.1) is 19.3 Å². The number of nitrogens with one attached hydrogen (secondary N) is 2. The minimum Gasteiger partial charge on any atom is -0.436 e. The Morgan fingerprint density at radius 1 is 1.56 bits per heavy atom. The Bertz CT molecular complexity index is 432. The molecule has 0 bridgehead atoms. The van der Waals surface area contributed by atoms with Crippen LogP contribution in [0.25, 0.3) is 0 Å². The van der Waals surface area contributed by atoms with E-state index in [-0.39, 0.29) is 11.7 Å². The van der Waals surface area contributed by atoms with E-state index in [1.807, 2.05) is 6.92 Å². The average Bonchev–Trinajstić information content (AvgIpc) is 2.57. The van der Waals surface area contributed by atoms with Gasteiger partial charge >= 0.3 is 0 Å². The van der Waals surface area contributed by atoms with Gasteiger partial charge in [0.05, 0.1) is 11.4 Å². The van der Waals surface area contributed by atoms with E-state index in [9.17, 15) is 4.79 Å². The SMILES string of the molecule is CCC=C(C=N)NC(=O)c1oc(C)nc1C. The van der Waals surface area contributed by atoms with Crippen molar-refractivity contribution in [2.75, 3.05) is 0 Å². The van der Waals surface area contributed by atoms with E-state index in [4.69, 9.17) is 9.83 Å². The molecule has 0 saturated carbocycles. The first-order valence-corrected chi connectivity index (χ1v) is 5.04. The van der Waals surface area contributed by atoms with Crippen LogP contribution < -0.4 is 5.32 Å². The molecule has 0 fully saturated rings. The highest BCUT2D eigenvalue weighted by atomic mass is 16.4. The summed E-state index contributed by atoms with van der Waals surface area (Å²) in [7, 11) is 0. The summed E-state index contributed by atoms with van der Waals surface area (Å²) in [4.78, 5) is 15.7. The van der Waals surface area contributed by atoms with Crippen LogP contribution in [-0.4, -0.2) is 17.1 Å². The van der Waals surface area contributed by atoms with Crippen LogP contribution >= 0.6 is 0 Å². The van der Waals surface area contributed by atoms with Gasteiger partial charge in [0.1, 0.15) is 0 Å². The molecule has 0 saturated heterocycles. The number of hydrogen-bond acceptors (Lipinski definition) is 4. The molecule has 5 heteroatoms. The Kier molecular flexibility index (Phi) is 3.99. The number of oxazole rings is 1. The molecule has 0 spiro atoms. The lowest BCUT2D eigenvalue weighted by Gasteiger charge is -2.02. The molecule has 0 aromatic carbocycles. The topological polar surface area (TPSA) is 79.0 Å². The first-order valence-electron chi connectivity index (χ1n) is 5.04. The molecule has 0 radical (unpaired) electrons. The number of allylic oxidation sites excluding steroid dienone is 2. The number of amides is 1. The summed E-state index contributed by atoms with van der Waals surface area (Å²) in [5, 5.41) is 9.71. The molecule has 1 aromatic rings. The maximum Gasteiger partial charge on any atom is 0.293 e. The first-order chi connectivity index (χ1) is 7.58. The highest BCUT2D eigenvalue weighted by Crippen LogP contribution is 2.09. The zero-order chi connectivity index (χ0) is 12.1. The van der Waals surface area contributed by atoms with E-state index in [2.05, 4.69) is 10.3 Å². The summed E-state index contributed by atoms with van der Waals surface area (Å²) < 4.78 is 5.17. The Hall–Kier alpha value is -1.91. The summed E-state index contributed by atoms with van der Waals surface area (Å²) in [6.45, 7) is 5.32. The Balaban J connectivity index is 2.83. The summed E-state index contributed by atoms with van der Waals surface area (Å²) in [5.74, 6) is 0.279. The van der Waals surface area contributed by atoms with Crippen LogP contribution in [0.4, 0.5) is 0 Å². The van der Waals surface area contributed by atoms with E-state index < -0.39 is 0 Å². The van der Waals surface area contributed by atoms with Crippen LogP contribution in [0.5, 0.6) is 0 Å². The lowest BCUT2D eigenvalue weighted by molar-refractivity contribution is 0.0938. The maximum absolute atomic E-state index is 11.7. The third-order valence-electron chi connectivity index (χ3n) is 1.95. The van der Waals surface area contributed by atoms with Gasteiger partial charge in [-0.05, 0) is 13.3 Å². The molecule has 1 rings (SSSR count). The van der Waals surface area contributed by atoms with Crippen molar-refractivity contribution in [3.63, 3.8) is 0 Å². The first kappa shape index (κ1) is 12.2. The summed E-state index contributed by atoms with van der Waals surface area (Å²) in [6, 6.07) is 0. The Morgan fingerprint density at radius 3 is 2.69 bits per heavy atom. The maximum atomic E-state index is 11.7. The van der Waals surface area contributed by atoms with E-state index in [1.54, 1.807) is 19.9 Å². The van der Waals surface area contributed by atoms with Gasteiger partial charge in [0, 0.05) is 13.1 Å². The average molecular weight is 221 g/mol. The molecule has 5 nitrogen and oxygen atoms in total. The monoisotopic (exact) mass is 221 g/mol. The normalized spacial score (nSPS) is 11.3. The van der Waals surface area contributed by atoms with Crippen LogP contribution in [0.2, 0.25) is 0 Å². The van der Waals surface area contributed by atoms with Crippen molar-refractivity contribution in [3.05, 3.63) is 29.1 Å². The zero-order valence-electron chi connectivity index (χ0n) is 9.63. The predicted octanol–water partition coefficient (Wildman–Crippen LogP) is 1.96. The summed E-state index contributed by atoms with van der Waals surface area (Å²) >= 11 is 0. The van der Waals surface area contributed by atoms with Gasteiger partial charge < -0.3 is 15.1 Å². The number of rotatable bonds is 4. The fourth-order valence-corrected chi connectivity index (χ4v) is 1.30. The number of carbonyl (C=O) groups is 1. The highest BCUT2D eigenvalue weighted by molar-refractivity contribution is 5.97. The van der Waals surface area contributed by atoms with Crippen molar-refractivity contribution >= 4 is 12.1 Å². The van der Waals surface area contributed by atoms with Crippen molar-refractivity contribution in [1.29, 1.82) is 5.41 Å². The Morgan fingerprint density at radius 2 is 2.25 bits per heavy atom. The third-order valence-corrected chi connectivity index (χ3v) is 1.95.